The van der Waals surface area contributed by atoms with E-state index in [4.69, 9.17) is 5.73 Å². The first kappa shape index (κ1) is 12.2. The van der Waals surface area contributed by atoms with Crippen LogP contribution in [0.3, 0.4) is 0 Å². The first-order valence-electron chi connectivity index (χ1n) is 5.77. The SMILES string of the molecule is CCC(C)c1n[nH]c([C@@H](N)[C@@H](C)CC)n1. The van der Waals surface area contributed by atoms with Crippen LogP contribution in [0.5, 0.6) is 0 Å². The Balaban J connectivity index is 2.75. The molecule has 1 aromatic rings. The zero-order valence-corrected chi connectivity index (χ0v) is 10.1. The van der Waals surface area contributed by atoms with Crippen molar-refractivity contribution in [3.63, 3.8) is 0 Å². The minimum Gasteiger partial charge on any atom is -0.321 e. The molecular formula is C11H22N4. The number of nitrogens with two attached hydrogens (primary N) is 1. The summed E-state index contributed by atoms with van der Waals surface area (Å²) in [5, 5.41) is 7.16. The molecule has 0 saturated carbocycles. The first-order valence-corrected chi connectivity index (χ1v) is 5.77. The third kappa shape index (κ3) is 2.78. The van der Waals surface area contributed by atoms with Crippen LogP contribution in [0.1, 0.15) is 64.1 Å². The van der Waals surface area contributed by atoms with E-state index in [0.29, 0.717) is 11.8 Å². The van der Waals surface area contributed by atoms with E-state index in [-0.39, 0.29) is 6.04 Å². The van der Waals surface area contributed by atoms with Crippen molar-refractivity contribution >= 4 is 0 Å². The van der Waals surface area contributed by atoms with Crippen LogP contribution in [0.2, 0.25) is 0 Å². The number of H-pyrrole nitrogens is 1. The molecule has 0 aliphatic rings. The molecule has 15 heavy (non-hydrogen) atoms. The third-order valence-corrected chi connectivity index (χ3v) is 3.15. The summed E-state index contributed by atoms with van der Waals surface area (Å²) >= 11 is 0. The van der Waals surface area contributed by atoms with Crippen molar-refractivity contribution in [2.75, 3.05) is 0 Å². The van der Waals surface area contributed by atoms with Crippen LogP contribution in [-0.4, -0.2) is 15.2 Å². The van der Waals surface area contributed by atoms with E-state index in [1.807, 2.05) is 0 Å². The molecule has 0 spiro atoms. The van der Waals surface area contributed by atoms with Crippen LogP contribution < -0.4 is 5.73 Å². The number of nitrogens with one attached hydrogen (secondary N) is 1. The number of hydrogen-bond acceptors (Lipinski definition) is 3. The van der Waals surface area contributed by atoms with E-state index in [9.17, 15) is 0 Å². The molecule has 0 aromatic carbocycles. The van der Waals surface area contributed by atoms with E-state index < -0.39 is 0 Å². The highest BCUT2D eigenvalue weighted by Gasteiger charge is 2.18. The van der Waals surface area contributed by atoms with Crippen molar-refractivity contribution < 1.29 is 0 Å². The van der Waals surface area contributed by atoms with Crippen LogP contribution in [0, 0.1) is 5.92 Å². The van der Waals surface area contributed by atoms with Crippen LogP contribution in [-0.2, 0) is 0 Å². The van der Waals surface area contributed by atoms with Crippen LogP contribution in [0.15, 0.2) is 0 Å². The smallest absolute Gasteiger partial charge is 0.153 e. The molecule has 0 fully saturated rings. The maximum Gasteiger partial charge on any atom is 0.153 e. The maximum atomic E-state index is 6.07. The van der Waals surface area contributed by atoms with Crippen molar-refractivity contribution in [1.82, 2.24) is 15.2 Å². The highest BCUT2D eigenvalue weighted by atomic mass is 15.2. The van der Waals surface area contributed by atoms with Crippen LogP contribution in [0.4, 0.5) is 0 Å². The molecule has 3 N–H and O–H groups in total. The molecule has 0 radical (unpaired) electrons. The molecule has 0 aliphatic heterocycles. The average molecular weight is 210 g/mol. The topological polar surface area (TPSA) is 67.6 Å². The molecule has 1 heterocycles. The molecular weight excluding hydrogens is 188 g/mol. The highest BCUT2D eigenvalue weighted by molar-refractivity contribution is 5.00. The molecule has 0 bridgehead atoms. The fourth-order valence-electron chi connectivity index (χ4n) is 1.36. The lowest BCUT2D eigenvalue weighted by molar-refractivity contribution is 0.439. The lowest BCUT2D eigenvalue weighted by Gasteiger charge is -2.14. The summed E-state index contributed by atoms with van der Waals surface area (Å²) in [6.07, 6.45) is 2.11. The monoisotopic (exact) mass is 210 g/mol. The van der Waals surface area contributed by atoms with Crippen LogP contribution >= 0.6 is 0 Å². The summed E-state index contributed by atoms with van der Waals surface area (Å²) < 4.78 is 0. The lowest BCUT2D eigenvalue weighted by Crippen LogP contribution is -2.20. The summed E-state index contributed by atoms with van der Waals surface area (Å²) in [5.74, 6) is 2.53. The van der Waals surface area contributed by atoms with Gasteiger partial charge in [-0.1, -0.05) is 34.1 Å². The predicted octanol–water partition coefficient (Wildman–Crippen LogP) is 2.36. The van der Waals surface area contributed by atoms with E-state index in [1.165, 1.54) is 0 Å². The van der Waals surface area contributed by atoms with Gasteiger partial charge in [-0.2, -0.15) is 5.10 Å². The van der Waals surface area contributed by atoms with Gasteiger partial charge in [-0.15, -0.1) is 0 Å². The van der Waals surface area contributed by atoms with Gasteiger partial charge in [0, 0.05) is 5.92 Å². The summed E-state index contributed by atoms with van der Waals surface area (Å²) in [7, 11) is 0. The lowest BCUT2D eigenvalue weighted by atomic mass is 10.00. The highest BCUT2D eigenvalue weighted by Crippen LogP contribution is 2.20. The summed E-state index contributed by atoms with van der Waals surface area (Å²) in [6.45, 7) is 8.53. The standard InChI is InChI=1S/C11H22N4/c1-5-7(3)9(12)11-13-10(14-15-11)8(4)6-2/h7-9H,5-6,12H2,1-4H3,(H,13,14,15)/t7-,8?,9-/m0/s1. The molecule has 86 valence electrons. The third-order valence-electron chi connectivity index (χ3n) is 3.15. The van der Waals surface area contributed by atoms with Crippen molar-refractivity contribution in [3.8, 4) is 0 Å². The molecule has 4 heteroatoms. The Morgan fingerprint density at radius 3 is 2.47 bits per heavy atom. The molecule has 4 nitrogen and oxygen atoms in total. The Bertz CT molecular complexity index is 295. The van der Waals surface area contributed by atoms with Gasteiger partial charge in [-0.25, -0.2) is 4.98 Å². The molecule has 0 saturated heterocycles. The van der Waals surface area contributed by atoms with E-state index in [0.717, 1.165) is 24.5 Å². The Kier molecular flexibility index (Phi) is 4.27. The van der Waals surface area contributed by atoms with Gasteiger partial charge in [-0.3, -0.25) is 5.10 Å². The molecule has 1 rings (SSSR count). The number of nitrogens with zero attached hydrogens (tertiary/aromatic N) is 2. The Labute approximate surface area is 91.7 Å². The molecule has 0 aliphatic carbocycles. The maximum absolute atomic E-state index is 6.07. The Morgan fingerprint density at radius 2 is 1.93 bits per heavy atom. The fourth-order valence-corrected chi connectivity index (χ4v) is 1.36. The second-order valence-electron chi connectivity index (χ2n) is 4.30. The van der Waals surface area contributed by atoms with Crippen molar-refractivity contribution in [1.29, 1.82) is 0 Å². The van der Waals surface area contributed by atoms with Crippen LogP contribution in [0.25, 0.3) is 0 Å². The predicted molar refractivity (Wildman–Crippen MR) is 61.5 cm³/mol. The van der Waals surface area contributed by atoms with E-state index >= 15 is 0 Å². The second-order valence-corrected chi connectivity index (χ2v) is 4.30. The first-order chi connectivity index (χ1) is 7.10. The number of aromatic amines is 1. The number of rotatable bonds is 5. The normalized spacial score (nSPS) is 17.4. The van der Waals surface area contributed by atoms with Crippen molar-refractivity contribution in [2.24, 2.45) is 11.7 Å². The minimum atomic E-state index is -0.0275. The van der Waals surface area contributed by atoms with Gasteiger partial charge in [0.25, 0.3) is 0 Å². The summed E-state index contributed by atoms with van der Waals surface area (Å²) in [5.41, 5.74) is 6.07. The van der Waals surface area contributed by atoms with E-state index in [2.05, 4.69) is 42.9 Å². The zero-order chi connectivity index (χ0) is 11.4. The summed E-state index contributed by atoms with van der Waals surface area (Å²) in [4.78, 5) is 4.46. The molecule has 0 amide bonds. The second kappa shape index (κ2) is 5.26. The molecule has 3 atom stereocenters. The van der Waals surface area contributed by atoms with Gasteiger partial charge in [0.2, 0.25) is 0 Å². The van der Waals surface area contributed by atoms with Crippen molar-refractivity contribution in [3.05, 3.63) is 11.6 Å². The molecule has 1 aromatic heterocycles. The summed E-state index contributed by atoms with van der Waals surface area (Å²) in [6, 6.07) is -0.0275. The number of aromatic nitrogens is 3. The number of hydrogen-bond donors (Lipinski definition) is 2. The van der Waals surface area contributed by atoms with Gasteiger partial charge in [0.15, 0.2) is 5.82 Å². The zero-order valence-electron chi connectivity index (χ0n) is 10.1. The fraction of sp³-hybridized carbons (Fsp3) is 0.818. The quantitative estimate of drug-likeness (QED) is 0.784. The largest absolute Gasteiger partial charge is 0.321 e. The van der Waals surface area contributed by atoms with Gasteiger partial charge in [0.1, 0.15) is 5.82 Å². The minimum absolute atomic E-state index is 0.0275. The van der Waals surface area contributed by atoms with Gasteiger partial charge in [0.05, 0.1) is 6.04 Å². The van der Waals surface area contributed by atoms with Gasteiger partial charge >= 0.3 is 0 Å². The van der Waals surface area contributed by atoms with Crippen molar-refractivity contribution in [2.45, 2.75) is 52.5 Å². The molecule has 1 unspecified atom stereocenters. The van der Waals surface area contributed by atoms with Gasteiger partial charge in [-0.05, 0) is 12.3 Å². The van der Waals surface area contributed by atoms with E-state index in [1.54, 1.807) is 0 Å². The Morgan fingerprint density at radius 1 is 1.27 bits per heavy atom. The Hall–Kier alpha value is -0.900. The van der Waals surface area contributed by atoms with Gasteiger partial charge < -0.3 is 5.73 Å². The average Bonchev–Trinajstić information content (AvgIpc) is 2.75.